The van der Waals surface area contributed by atoms with E-state index in [1.165, 1.54) is 12.3 Å². The van der Waals surface area contributed by atoms with Gasteiger partial charge in [0.05, 0.1) is 0 Å². The highest BCUT2D eigenvalue weighted by molar-refractivity contribution is 7.89. The molecule has 0 amide bonds. The van der Waals surface area contributed by atoms with Crippen LogP contribution < -0.4 is 10.5 Å². The summed E-state index contributed by atoms with van der Waals surface area (Å²) in [6, 6.07) is 2.99. The van der Waals surface area contributed by atoms with Crippen LogP contribution in [-0.4, -0.2) is 45.5 Å². The van der Waals surface area contributed by atoms with Crippen LogP contribution in [0, 0.1) is 0 Å². The van der Waals surface area contributed by atoms with E-state index >= 15 is 0 Å². The Morgan fingerprint density at radius 1 is 1.47 bits per heavy atom. The third-order valence-corrected chi connectivity index (χ3v) is 3.67. The highest BCUT2D eigenvalue weighted by atomic mass is 32.2. The molecule has 0 aliphatic heterocycles. The zero-order valence-corrected chi connectivity index (χ0v) is 10.9. The number of hydrogen-bond acceptors (Lipinski definition) is 5. The van der Waals surface area contributed by atoms with Crippen molar-refractivity contribution < 1.29 is 8.42 Å². The SMILES string of the molecule is CN(C)CCCNS(=O)(=O)c1cccnc1N. The summed E-state index contributed by atoms with van der Waals surface area (Å²) in [4.78, 5) is 5.78. The Morgan fingerprint density at radius 3 is 2.76 bits per heavy atom. The van der Waals surface area contributed by atoms with Gasteiger partial charge in [0.1, 0.15) is 10.7 Å². The Balaban J connectivity index is 2.61. The first kappa shape index (κ1) is 13.9. The summed E-state index contributed by atoms with van der Waals surface area (Å²) in [5.74, 6) is 0.0209. The van der Waals surface area contributed by atoms with E-state index < -0.39 is 10.0 Å². The molecule has 17 heavy (non-hydrogen) atoms. The number of nitrogens with one attached hydrogen (secondary N) is 1. The fourth-order valence-corrected chi connectivity index (χ4v) is 2.46. The lowest BCUT2D eigenvalue weighted by molar-refractivity contribution is 0.400. The van der Waals surface area contributed by atoms with Gasteiger partial charge in [-0.25, -0.2) is 18.1 Å². The Hall–Kier alpha value is -1.18. The first-order valence-electron chi connectivity index (χ1n) is 5.28. The van der Waals surface area contributed by atoms with Gasteiger partial charge in [-0.05, 0) is 39.2 Å². The largest absolute Gasteiger partial charge is 0.383 e. The van der Waals surface area contributed by atoms with Crippen LogP contribution in [0.2, 0.25) is 0 Å². The maximum Gasteiger partial charge on any atom is 0.244 e. The summed E-state index contributed by atoms with van der Waals surface area (Å²) >= 11 is 0. The van der Waals surface area contributed by atoms with E-state index in [-0.39, 0.29) is 10.7 Å². The van der Waals surface area contributed by atoms with Gasteiger partial charge in [0.25, 0.3) is 0 Å². The Bertz CT molecular complexity index is 459. The van der Waals surface area contributed by atoms with Crippen LogP contribution in [0.25, 0.3) is 0 Å². The molecule has 1 rings (SSSR count). The van der Waals surface area contributed by atoms with E-state index in [0.717, 1.165) is 13.0 Å². The Kier molecular flexibility index (Phi) is 4.86. The van der Waals surface area contributed by atoms with Crippen LogP contribution in [0.4, 0.5) is 5.82 Å². The number of sulfonamides is 1. The molecule has 0 aromatic carbocycles. The van der Waals surface area contributed by atoms with Crippen LogP contribution >= 0.6 is 0 Å². The first-order chi connectivity index (χ1) is 7.93. The average Bonchev–Trinajstić information content (AvgIpc) is 2.24. The van der Waals surface area contributed by atoms with E-state index in [1.54, 1.807) is 6.07 Å². The summed E-state index contributed by atoms with van der Waals surface area (Å²) in [5, 5.41) is 0. The maximum atomic E-state index is 11.9. The number of anilines is 1. The van der Waals surface area contributed by atoms with E-state index in [4.69, 9.17) is 5.73 Å². The predicted octanol–water partition coefficient (Wildman–Crippen LogP) is -0.106. The monoisotopic (exact) mass is 258 g/mol. The van der Waals surface area contributed by atoms with Crippen LogP contribution in [-0.2, 0) is 10.0 Å². The van der Waals surface area contributed by atoms with Gasteiger partial charge in [0.15, 0.2) is 0 Å². The minimum Gasteiger partial charge on any atom is -0.383 e. The van der Waals surface area contributed by atoms with Crippen molar-refractivity contribution in [2.75, 3.05) is 32.9 Å². The second kappa shape index (κ2) is 5.95. The second-order valence-corrected chi connectivity index (χ2v) is 5.68. The smallest absolute Gasteiger partial charge is 0.244 e. The molecule has 0 aliphatic rings. The summed E-state index contributed by atoms with van der Waals surface area (Å²) in [6.07, 6.45) is 2.20. The molecule has 96 valence electrons. The average molecular weight is 258 g/mol. The lowest BCUT2D eigenvalue weighted by atomic mass is 10.4. The van der Waals surface area contributed by atoms with Crippen LogP contribution in [0.1, 0.15) is 6.42 Å². The molecule has 1 heterocycles. The molecule has 0 fully saturated rings. The fraction of sp³-hybridized carbons (Fsp3) is 0.500. The van der Waals surface area contributed by atoms with Gasteiger partial charge in [-0.2, -0.15) is 0 Å². The van der Waals surface area contributed by atoms with Crippen molar-refractivity contribution in [1.82, 2.24) is 14.6 Å². The molecule has 0 bridgehead atoms. The number of aromatic nitrogens is 1. The summed E-state index contributed by atoms with van der Waals surface area (Å²) in [6.45, 7) is 1.21. The van der Waals surface area contributed by atoms with Crippen molar-refractivity contribution in [1.29, 1.82) is 0 Å². The van der Waals surface area contributed by atoms with Gasteiger partial charge < -0.3 is 10.6 Å². The highest BCUT2D eigenvalue weighted by Gasteiger charge is 2.16. The molecule has 6 nitrogen and oxygen atoms in total. The molecular formula is C10H18N4O2S. The van der Waals surface area contributed by atoms with Crippen LogP contribution in [0.3, 0.4) is 0 Å². The third-order valence-electron chi connectivity index (χ3n) is 2.16. The second-order valence-electron chi connectivity index (χ2n) is 3.94. The number of pyridine rings is 1. The van der Waals surface area contributed by atoms with Crippen molar-refractivity contribution in [3.05, 3.63) is 18.3 Å². The molecule has 0 saturated heterocycles. The Morgan fingerprint density at radius 2 is 2.18 bits per heavy atom. The number of nitrogens with zero attached hydrogens (tertiary/aromatic N) is 2. The van der Waals surface area contributed by atoms with E-state index in [9.17, 15) is 8.42 Å². The van der Waals surface area contributed by atoms with Gasteiger partial charge >= 0.3 is 0 Å². The number of nitrogen functional groups attached to an aromatic ring is 1. The molecule has 0 aliphatic carbocycles. The standard InChI is InChI=1S/C10H18N4O2S/c1-14(2)8-4-7-13-17(15,16)9-5-3-6-12-10(9)11/h3,5-6,13H,4,7-8H2,1-2H3,(H2,11,12). The van der Waals surface area contributed by atoms with Gasteiger partial charge in [-0.15, -0.1) is 0 Å². The van der Waals surface area contributed by atoms with E-state index in [2.05, 4.69) is 9.71 Å². The van der Waals surface area contributed by atoms with Crippen molar-refractivity contribution in [2.45, 2.75) is 11.3 Å². The van der Waals surface area contributed by atoms with Crippen molar-refractivity contribution in [3.8, 4) is 0 Å². The molecule has 0 saturated carbocycles. The summed E-state index contributed by atoms with van der Waals surface area (Å²) < 4.78 is 26.2. The van der Waals surface area contributed by atoms with Gasteiger partial charge in [0.2, 0.25) is 10.0 Å². The minimum absolute atomic E-state index is 0.0209. The quantitative estimate of drug-likeness (QED) is 0.695. The molecule has 0 spiro atoms. The zero-order valence-electron chi connectivity index (χ0n) is 10.0. The van der Waals surface area contributed by atoms with Crippen LogP contribution in [0.5, 0.6) is 0 Å². The molecular weight excluding hydrogens is 240 g/mol. The topological polar surface area (TPSA) is 88.3 Å². The molecule has 0 unspecified atom stereocenters. The van der Waals surface area contributed by atoms with Gasteiger partial charge in [-0.1, -0.05) is 0 Å². The van der Waals surface area contributed by atoms with Crippen LogP contribution in [0.15, 0.2) is 23.2 Å². The number of hydrogen-bond donors (Lipinski definition) is 2. The minimum atomic E-state index is -3.54. The molecule has 7 heteroatoms. The Labute approximate surface area is 102 Å². The molecule has 0 atom stereocenters. The molecule has 1 aromatic heterocycles. The van der Waals surface area contributed by atoms with E-state index in [1.807, 2.05) is 19.0 Å². The predicted molar refractivity (Wildman–Crippen MR) is 67.0 cm³/mol. The van der Waals surface area contributed by atoms with Gasteiger partial charge in [0, 0.05) is 12.7 Å². The lowest BCUT2D eigenvalue weighted by Gasteiger charge is -2.10. The highest BCUT2D eigenvalue weighted by Crippen LogP contribution is 2.13. The van der Waals surface area contributed by atoms with E-state index in [0.29, 0.717) is 6.54 Å². The third kappa shape index (κ3) is 4.29. The molecule has 3 N–H and O–H groups in total. The van der Waals surface area contributed by atoms with Crippen molar-refractivity contribution in [3.63, 3.8) is 0 Å². The van der Waals surface area contributed by atoms with Crippen molar-refractivity contribution in [2.24, 2.45) is 0 Å². The summed E-state index contributed by atoms with van der Waals surface area (Å²) in [5.41, 5.74) is 5.52. The first-order valence-corrected chi connectivity index (χ1v) is 6.76. The fourth-order valence-electron chi connectivity index (χ4n) is 1.31. The molecule has 1 aromatic rings. The summed E-state index contributed by atoms with van der Waals surface area (Å²) in [7, 11) is 0.331. The number of rotatable bonds is 6. The van der Waals surface area contributed by atoms with Crippen molar-refractivity contribution >= 4 is 15.8 Å². The number of nitrogens with two attached hydrogens (primary N) is 1. The maximum absolute atomic E-state index is 11.9. The normalized spacial score (nSPS) is 11.9. The lowest BCUT2D eigenvalue weighted by Crippen LogP contribution is -2.28. The molecule has 0 radical (unpaired) electrons. The zero-order chi connectivity index (χ0) is 12.9. The van der Waals surface area contributed by atoms with Gasteiger partial charge in [-0.3, -0.25) is 0 Å².